The molecule has 0 fully saturated rings. The summed E-state index contributed by atoms with van der Waals surface area (Å²) in [6, 6.07) is 61.9. The molecule has 0 spiro atoms. The van der Waals surface area contributed by atoms with Crippen molar-refractivity contribution in [3.05, 3.63) is 170 Å². The number of aromatic nitrogens is 1. The predicted molar refractivity (Wildman–Crippen MR) is 193 cm³/mol. The van der Waals surface area contributed by atoms with Gasteiger partial charge in [0.15, 0.2) is 0 Å². The number of fused-ring (bicyclic) bond motifs is 6. The van der Waals surface area contributed by atoms with Crippen LogP contribution in [0.4, 0.5) is 17.1 Å². The van der Waals surface area contributed by atoms with Crippen LogP contribution in [0.25, 0.3) is 57.9 Å². The summed E-state index contributed by atoms with van der Waals surface area (Å²) in [6.45, 7) is 0. The van der Waals surface area contributed by atoms with Gasteiger partial charge in [0.2, 0.25) is 0 Å². The first kappa shape index (κ1) is 26.1. The van der Waals surface area contributed by atoms with Gasteiger partial charge in [-0.2, -0.15) is 0 Å². The molecule has 2 heterocycles. The van der Waals surface area contributed by atoms with Gasteiger partial charge in [0.05, 0.1) is 0 Å². The molecule has 0 radical (unpaired) electrons. The number of hydrogen-bond donors (Lipinski definition) is 0. The molecule has 45 heavy (non-hydrogen) atoms. The third-order valence-corrected chi connectivity index (χ3v) is 11.2. The Morgan fingerprint density at radius 3 is 1.78 bits per heavy atom. The first-order chi connectivity index (χ1) is 22.3. The SMILES string of the molecule is c1ccc(-c2ccc(N(c3ccc4[se]c5ccccc5c4c3)c3ccc4c5ccccc5n(-c5ccccc5)c4c3)cc2)cc1. The van der Waals surface area contributed by atoms with Gasteiger partial charge in [0.25, 0.3) is 0 Å². The van der Waals surface area contributed by atoms with E-state index < -0.39 is 0 Å². The van der Waals surface area contributed by atoms with Crippen molar-refractivity contribution in [3.8, 4) is 16.8 Å². The van der Waals surface area contributed by atoms with E-state index in [9.17, 15) is 0 Å². The number of rotatable bonds is 5. The first-order valence-corrected chi connectivity index (χ1v) is 17.0. The van der Waals surface area contributed by atoms with E-state index in [4.69, 9.17) is 0 Å². The summed E-state index contributed by atoms with van der Waals surface area (Å²) in [4.78, 5) is 2.41. The van der Waals surface area contributed by atoms with Crippen LogP contribution in [0.3, 0.4) is 0 Å². The minimum absolute atomic E-state index is 0.335. The van der Waals surface area contributed by atoms with Gasteiger partial charge in [0.1, 0.15) is 0 Å². The molecular weight excluding hydrogens is 611 g/mol. The number of nitrogens with zero attached hydrogens (tertiary/aromatic N) is 2. The van der Waals surface area contributed by atoms with Crippen LogP contribution in [0.15, 0.2) is 170 Å². The van der Waals surface area contributed by atoms with Crippen molar-refractivity contribution in [2.24, 2.45) is 0 Å². The molecule has 0 saturated carbocycles. The van der Waals surface area contributed by atoms with E-state index in [1.165, 1.54) is 52.2 Å². The first-order valence-electron chi connectivity index (χ1n) is 15.3. The molecule has 9 rings (SSSR count). The van der Waals surface area contributed by atoms with Crippen LogP contribution < -0.4 is 4.90 Å². The zero-order valence-corrected chi connectivity index (χ0v) is 26.2. The number of hydrogen-bond acceptors (Lipinski definition) is 1. The van der Waals surface area contributed by atoms with E-state index >= 15 is 0 Å². The maximum absolute atomic E-state index is 2.41. The molecule has 0 N–H and O–H groups in total. The van der Waals surface area contributed by atoms with Gasteiger partial charge < -0.3 is 0 Å². The standard InChI is InChI=1S/C42H28N2Se/c1-3-11-29(12-4-1)30-19-21-32(22-20-30)43(33-24-26-42-38(27-33)37-16-8-10-18-41(37)45-42)34-23-25-36-35-15-7-9-17-39(35)44(40(36)28-34)31-13-5-2-6-14-31/h1-28H. The predicted octanol–water partition coefficient (Wildman–Crippen LogP) is 11.3. The summed E-state index contributed by atoms with van der Waals surface area (Å²) in [7, 11) is 0. The molecule has 0 unspecified atom stereocenters. The van der Waals surface area contributed by atoms with Crippen LogP contribution in [-0.4, -0.2) is 19.1 Å². The molecule has 2 aromatic heterocycles. The van der Waals surface area contributed by atoms with Crippen LogP contribution in [0.1, 0.15) is 0 Å². The zero-order valence-electron chi connectivity index (χ0n) is 24.5. The van der Waals surface area contributed by atoms with E-state index in [0.29, 0.717) is 14.5 Å². The monoisotopic (exact) mass is 640 g/mol. The van der Waals surface area contributed by atoms with Gasteiger partial charge >= 0.3 is 257 Å². The summed E-state index contributed by atoms with van der Waals surface area (Å²) in [6.07, 6.45) is 0. The Labute approximate surface area is 267 Å². The van der Waals surface area contributed by atoms with Crippen molar-refractivity contribution in [3.63, 3.8) is 0 Å². The fourth-order valence-corrected chi connectivity index (χ4v) is 8.97. The van der Waals surface area contributed by atoms with E-state index in [1.54, 1.807) is 0 Å². The molecule has 3 heteroatoms. The Kier molecular flexibility index (Phi) is 6.19. The number of benzene rings is 7. The van der Waals surface area contributed by atoms with Crippen molar-refractivity contribution >= 4 is 72.7 Å². The molecule has 212 valence electrons. The Bertz CT molecular complexity index is 2470. The Morgan fingerprint density at radius 1 is 0.378 bits per heavy atom. The Hall–Kier alpha value is -5.34. The van der Waals surface area contributed by atoms with E-state index in [1.807, 2.05) is 0 Å². The molecule has 0 saturated heterocycles. The summed E-state index contributed by atoms with van der Waals surface area (Å²) in [5, 5.41) is 5.24. The fourth-order valence-electron chi connectivity index (χ4n) is 6.69. The molecule has 0 atom stereocenters. The van der Waals surface area contributed by atoms with E-state index in [0.717, 1.165) is 22.7 Å². The molecule has 9 aromatic rings. The molecule has 0 aliphatic carbocycles. The van der Waals surface area contributed by atoms with Crippen molar-refractivity contribution in [2.45, 2.75) is 0 Å². The second-order valence-electron chi connectivity index (χ2n) is 11.4. The minimum atomic E-state index is 0.335. The number of para-hydroxylation sites is 2. The van der Waals surface area contributed by atoms with Gasteiger partial charge in [-0.3, -0.25) is 0 Å². The van der Waals surface area contributed by atoms with Crippen LogP contribution in [0.2, 0.25) is 0 Å². The fraction of sp³-hybridized carbons (Fsp3) is 0. The topological polar surface area (TPSA) is 8.17 Å². The van der Waals surface area contributed by atoms with Gasteiger partial charge in [-0.25, -0.2) is 0 Å². The van der Waals surface area contributed by atoms with Crippen molar-refractivity contribution in [1.29, 1.82) is 0 Å². The Balaban J connectivity index is 1.28. The molecule has 0 amide bonds. The van der Waals surface area contributed by atoms with Gasteiger partial charge in [-0.15, -0.1) is 0 Å². The second-order valence-corrected chi connectivity index (χ2v) is 13.7. The van der Waals surface area contributed by atoms with Crippen molar-refractivity contribution in [1.82, 2.24) is 4.57 Å². The van der Waals surface area contributed by atoms with Crippen molar-refractivity contribution < 1.29 is 0 Å². The summed E-state index contributed by atoms with van der Waals surface area (Å²) >= 11 is 0.335. The van der Waals surface area contributed by atoms with Crippen LogP contribution >= 0.6 is 0 Å². The third kappa shape index (κ3) is 4.40. The molecule has 2 nitrogen and oxygen atoms in total. The number of anilines is 3. The van der Waals surface area contributed by atoms with E-state index in [-0.39, 0.29) is 0 Å². The van der Waals surface area contributed by atoms with Gasteiger partial charge in [-0.1, -0.05) is 12.1 Å². The average molecular weight is 640 g/mol. The van der Waals surface area contributed by atoms with Crippen molar-refractivity contribution in [2.75, 3.05) is 4.90 Å². The van der Waals surface area contributed by atoms with Crippen LogP contribution in [0, 0.1) is 0 Å². The zero-order chi connectivity index (χ0) is 29.7. The van der Waals surface area contributed by atoms with Crippen LogP contribution in [-0.2, 0) is 0 Å². The summed E-state index contributed by atoms with van der Waals surface area (Å²) in [5.74, 6) is 0. The molecular formula is C42H28N2Se. The van der Waals surface area contributed by atoms with Gasteiger partial charge in [-0.05, 0) is 0 Å². The third-order valence-electron chi connectivity index (χ3n) is 8.78. The second kappa shape index (κ2) is 10.7. The summed E-state index contributed by atoms with van der Waals surface area (Å²) in [5.41, 5.74) is 9.43. The maximum atomic E-state index is 2.41. The molecule has 0 aliphatic heterocycles. The van der Waals surface area contributed by atoms with Gasteiger partial charge in [0, 0.05) is 0 Å². The molecule has 0 aliphatic rings. The quantitative estimate of drug-likeness (QED) is 0.170. The van der Waals surface area contributed by atoms with E-state index in [2.05, 4.69) is 179 Å². The summed E-state index contributed by atoms with van der Waals surface area (Å²) < 4.78 is 5.31. The normalized spacial score (nSPS) is 11.6. The van der Waals surface area contributed by atoms with Crippen LogP contribution in [0.5, 0.6) is 0 Å². The molecule has 7 aromatic carbocycles. The molecule has 0 bridgehead atoms. The Morgan fingerprint density at radius 2 is 0.956 bits per heavy atom. The average Bonchev–Trinajstić information content (AvgIpc) is 3.65.